The predicted octanol–water partition coefficient (Wildman–Crippen LogP) is 2.84. The largest absolute Gasteiger partial charge is 0.352 e. The van der Waals surface area contributed by atoms with Crippen molar-refractivity contribution in [1.29, 1.82) is 0 Å². The number of nitrogens with two attached hydrogens (primary N) is 1. The van der Waals surface area contributed by atoms with Crippen LogP contribution in [0.3, 0.4) is 0 Å². The lowest BCUT2D eigenvalue weighted by Gasteiger charge is -2.35. The van der Waals surface area contributed by atoms with Crippen molar-refractivity contribution in [2.45, 2.75) is 45.1 Å². The summed E-state index contributed by atoms with van der Waals surface area (Å²) in [5, 5.41) is 2.98. The SMILES string of the molecule is Cl.Cl.NCC1(CC(=O)NCc2ccncc2)CCCCC1. The van der Waals surface area contributed by atoms with Crippen molar-refractivity contribution in [1.82, 2.24) is 10.3 Å². The molecule has 2 rings (SSSR count). The van der Waals surface area contributed by atoms with Crippen LogP contribution in [0.4, 0.5) is 0 Å². The summed E-state index contributed by atoms with van der Waals surface area (Å²) in [4.78, 5) is 16.0. The van der Waals surface area contributed by atoms with E-state index in [9.17, 15) is 4.79 Å². The van der Waals surface area contributed by atoms with Crippen LogP contribution in [0, 0.1) is 5.41 Å². The number of hydrogen-bond donors (Lipinski definition) is 2. The van der Waals surface area contributed by atoms with Gasteiger partial charge in [-0.1, -0.05) is 19.3 Å². The first-order valence-electron chi connectivity index (χ1n) is 7.10. The number of hydrogen-bond acceptors (Lipinski definition) is 3. The van der Waals surface area contributed by atoms with Crippen LogP contribution in [0.5, 0.6) is 0 Å². The van der Waals surface area contributed by atoms with Gasteiger partial charge in [0.25, 0.3) is 0 Å². The molecular formula is C15H25Cl2N3O. The summed E-state index contributed by atoms with van der Waals surface area (Å²) in [7, 11) is 0. The van der Waals surface area contributed by atoms with Crippen molar-refractivity contribution in [3.63, 3.8) is 0 Å². The van der Waals surface area contributed by atoms with Crippen molar-refractivity contribution in [2.75, 3.05) is 6.54 Å². The van der Waals surface area contributed by atoms with Gasteiger partial charge in [-0.2, -0.15) is 0 Å². The first-order chi connectivity index (χ1) is 9.24. The molecule has 0 aliphatic heterocycles. The third kappa shape index (κ3) is 6.20. The molecule has 3 N–H and O–H groups in total. The second kappa shape index (κ2) is 9.98. The number of rotatable bonds is 5. The van der Waals surface area contributed by atoms with E-state index in [2.05, 4.69) is 10.3 Å². The van der Waals surface area contributed by atoms with Gasteiger partial charge in [0.15, 0.2) is 0 Å². The molecule has 4 nitrogen and oxygen atoms in total. The van der Waals surface area contributed by atoms with Crippen molar-refractivity contribution in [3.8, 4) is 0 Å². The van der Waals surface area contributed by atoms with E-state index in [1.54, 1.807) is 12.4 Å². The molecular weight excluding hydrogens is 309 g/mol. The first kappa shape index (κ1) is 20.2. The minimum atomic E-state index is 0. The molecule has 6 heteroatoms. The van der Waals surface area contributed by atoms with Crippen LogP contribution in [0.1, 0.15) is 44.1 Å². The van der Waals surface area contributed by atoms with Gasteiger partial charge in [0.2, 0.25) is 5.91 Å². The number of amides is 1. The fourth-order valence-electron chi connectivity index (χ4n) is 2.86. The quantitative estimate of drug-likeness (QED) is 0.870. The summed E-state index contributed by atoms with van der Waals surface area (Å²) < 4.78 is 0. The van der Waals surface area contributed by atoms with Crippen LogP contribution >= 0.6 is 24.8 Å². The van der Waals surface area contributed by atoms with Crippen LogP contribution in [0.25, 0.3) is 0 Å². The first-order valence-corrected chi connectivity index (χ1v) is 7.10. The average Bonchev–Trinajstić information content (AvgIpc) is 2.47. The molecule has 1 aromatic rings. The summed E-state index contributed by atoms with van der Waals surface area (Å²) in [6.07, 6.45) is 9.91. The van der Waals surface area contributed by atoms with E-state index in [0.717, 1.165) is 18.4 Å². The fraction of sp³-hybridized carbons (Fsp3) is 0.600. The molecule has 1 aromatic heterocycles. The highest BCUT2D eigenvalue weighted by Gasteiger charge is 2.32. The van der Waals surface area contributed by atoms with Crippen LogP contribution in [-0.2, 0) is 11.3 Å². The normalized spacial score (nSPS) is 16.2. The zero-order chi connectivity index (χ0) is 13.6. The molecule has 1 amide bonds. The zero-order valence-electron chi connectivity index (χ0n) is 12.2. The second-order valence-corrected chi connectivity index (χ2v) is 5.57. The molecule has 0 saturated heterocycles. The van der Waals surface area contributed by atoms with Crippen LogP contribution in [0.2, 0.25) is 0 Å². The molecule has 1 saturated carbocycles. The van der Waals surface area contributed by atoms with E-state index in [0.29, 0.717) is 19.5 Å². The monoisotopic (exact) mass is 333 g/mol. The molecule has 0 radical (unpaired) electrons. The lowest BCUT2D eigenvalue weighted by Crippen LogP contribution is -2.38. The molecule has 0 bridgehead atoms. The number of carbonyl (C=O) groups is 1. The van der Waals surface area contributed by atoms with E-state index < -0.39 is 0 Å². The van der Waals surface area contributed by atoms with E-state index in [1.807, 2.05) is 12.1 Å². The Bertz CT molecular complexity index is 409. The van der Waals surface area contributed by atoms with Gasteiger partial charge in [0, 0.05) is 25.4 Å². The maximum Gasteiger partial charge on any atom is 0.220 e. The molecule has 120 valence electrons. The topological polar surface area (TPSA) is 68.0 Å². The highest BCUT2D eigenvalue weighted by molar-refractivity contribution is 5.85. The Kier molecular flexibility index (Phi) is 9.58. The summed E-state index contributed by atoms with van der Waals surface area (Å²) in [5.74, 6) is 0.115. The Balaban J connectivity index is 0.00000200. The number of nitrogens with one attached hydrogen (secondary N) is 1. The fourth-order valence-corrected chi connectivity index (χ4v) is 2.86. The Morgan fingerprint density at radius 3 is 2.38 bits per heavy atom. The third-order valence-corrected chi connectivity index (χ3v) is 4.12. The van der Waals surface area contributed by atoms with Gasteiger partial charge in [0.05, 0.1) is 0 Å². The standard InChI is InChI=1S/C15H23N3O.2ClH/c16-12-15(6-2-1-3-7-15)10-14(19)18-11-13-4-8-17-9-5-13;;/h4-5,8-9H,1-3,6-7,10-12,16H2,(H,18,19);2*1H. The number of carbonyl (C=O) groups excluding carboxylic acids is 1. The highest BCUT2D eigenvalue weighted by atomic mass is 35.5. The van der Waals surface area contributed by atoms with Crippen molar-refractivity contribution in [2.24, 2.45) is 11.1 Å². The summed E-state index contributed by atoms with van der Waals surface area (Å²) in [5.41, 5.74) is 7.03. The smallest absolute Gasteiger partial charge is 0.220 e. The molecule has 1 aliphatic carbocycles. The lowest BCUT2D eigenvalue weighted by atomic mass is 9.71. The van der Waals surface area contributed by atoms with E-state index in [-0.39, 0.29) is 36.1 Å². The summed E-state index contributed by atoms with van der Waals surface area (Å²) in [6.45, 7) is 1.19. The van der Waals surface area contributed by atoms with E-state index >= 15 is 0 Å². The van der Waals surface area contributed by atoms with Crippen LogP contribution in [0.15, 0.2) is 24.5 Å². The minimum Gasteiger partial charge on any atom is -0.352 e. The maximum absolute atomic E-state index is 12.1. The third-order valence-electron chi connectivity index (χ3n) is 4.12. The van der Waals surface area contributed by atoms with E-state index in [4.69, 9.17) is 5.73 Å². The number of aromatic nitrogens is 1. The Morgan fingerprint density at radius 2 is 1.81 bits per heavy atom. The van der Waals surface area contributed by atoms with E-state index in [1.165, 1.54) is 19.3 Å². The number of pyridine rings is 1. The number of nitrogens with zero attached hydrogens (tertiary/aromatic N) is 1. The van der Waals surface area contributed by atoms with Crippen molar-refractivity contribution < 1.29 is 4.79 Å². The molecule has 0 atom stereocenters. The van der Waals surface area contributed by atoms with Crippen LogP contribution < -0.4 is 11.1 Å². The molecule has 1 heterocycles. The molecule has 0 unspecified atom stereocenters. The number of halogens is 2. The Labute approximate surface area is 139 Å². The van der Waals surface area contributed by atoms with Gasteiger partial charge < -0.3 is 11.1 Å². The van der Waals surface area contributed by atoms with Crippen LogP contribution in [-0.4, -0.2) is 17.4 Å². The minimum absolute atomic E-state index is 0. The van der Waals surface area contributed by atoms with Gasteiger partial charge in [-0.3, -0.25) is 9.78 Å². The lowest BCUT2D eigenvalue weighted by molar-refractivity contribution is -0.124. The Hall–Kier alpha value is -0.840. The summed E-state index contributed by atoms with van der Waals surface area (Å²) >= 11 is 0. The average molecular weight is 334 g/mol. The van der Waals surface area contributed by atoms with Crippen molar-refractivity contribution in [3.05, 3.63) is 30.1 Å². The van der Waals surface area contributed by atoms with Gasteiger partial charge >= 0.3 is 0 Å². The predicted molar refractivity (Wildman–Crippen MR) is 89.8 cm³/mol. The molecule has 0 spiro atoms. The van der Waals surface area contributed by atoms with Crippen molar-refractivity contribution >= 4 is 30.7 Å². The maximum atomic E-state index is 12.1. The molecule has 1 aliphatic rings. The summed E-state index contributed by atoms with van der Waals surface area (Å²) in [6, 6.07) is 3.83. The van der Waals surface area contributed by atoms with Gasteiger partial charge in [-0.05, 0) is 42.5 Å². The van der Waals surface area contributed by atoms with Gasteiger partial charge in [0.1, 0.15) is 0 Å². The van der Waals surface area contributed by atoms with Gasteiger partial charge in [-0.15, -0.1) is 24.8 Å². The second-order valence-electron chi connectivity index (χ2n) is 5.57. The molecule has 1 fully saturated rings. The molecule has 21 heavy (non-hydrogen) atoms. The van der Waals surface area contributed by atoms with Gasteiger partial charge in [-0.25, -0.2) is 0 Å². The zero-order valence-corrected chi connectivity index (χ0v) is 13.8. The highest BCUT2D eigenvalue weighted by Crippen LogP contribution is 2.38. The Morgan fingerprint density at radius 1 is 1.19 bits per heavy atom. The molecule has 0 aromatic carbocycles.